The van der Waals surface area contributed by atoms with Crippen molar-refractivity contribution in [2.75, 3.05) is 12.5 Å². The van der Waals surface area contributed by atoms with Gasteiger partial charge in [0, 0.05) is 10.9 Å². The lowest BCUT2D eigenvalue weighted by molar-refractivity contribution is 0.415. The van der Waals surface area contributed by atoms with E-state index < -0.39 is 0 Å². The Morgan fingerprint density at radius 2 is 2.00 bits per heavy atom. The van der Waals surface area contributed by atoms with Crippen LogP contribution in [-0.4, -0.2) is 18.3 Å². The maximum absolute atomic E-state index is 5.18. The number of ether oxygens (including phenoxy) is 1. The molecule has 4 nitrogen and oxygen atoms in total. The van der Waals surface area contributed by atoms with Crippen LogP contribution in [0.15, 0.2) is 65.1 Å². The highest BCUT2D eigenvalue weighted by molar-refractivity contribution is 7.14. The number of anilines is 1. The molecular weight excluding hydrogens is 294 g/mol. The summed E-state index contributed by atoms with van der Waals surface area (Å²) in [5, 5.41) is 6.99. The fraction of sp³-hybridized carbons (Fsp3) is 0.0588. The molecule has 0 amide bonds. The van der Waals surface area contributed by atoms with Crippen molar-refractivity contribution in [3.63, 3.8) is 0 Å². The average Bonchev–Trinajstić information content (AvgIpc) is 3.05. The lowest BCUT2D eigenvalue weighted by Crippen LogP contribution is -1.91. The lowest BCUT2D eigenvalue weighted by Gasteiger charge is -1.99. The van der Waals surface area contributed by atoms with E-state index >= 15 is 0 Å². The van der Waals surface area contributed by atoms with E-state index in [9.17, 15) is 0 Å². The van der Waals surface area contributed by atoms with E-state index in [0.717, 1.165) is 27.7 Å². The number of benzene rings is 2. The number of thiazole rings is 1. The van der Waals surface area contributed by atoms with Gasteiger partial charge in [0.05, 0.1) is 19.0 Å². The molecule has 0 aliphatic heterocycles. The first kappa shape index (κ1) is 14.3. The predicted octanol–water partition coefficient (Wildman–Crippen LogP) is 4.26. The number of hydrazone groups is 1. The van der Waals surface area contributed by atoms with Crippen molar-refractivity contribution in [3.8, 4) is 17.0 Å². The Balaban J connectivity index is 1.67. The fourth-order valence-corrected chi connectivity index (χ4v) is 2.62. The highest BCUT2D eigenvalue weighted by atomic mass is 32.1. The number of nitrogens with zero attached hydrogens (tertiary/aromatic N) is 2. The van der Waals surface area contributed by atoms with Crippen molar-refractivity contribution in [1.82, 2.24) is 4.98 Å². The van der Waals surface area contributed by atoms with E-state index in [4.69, 9.17) is 4.74 Å². The quantitative estimate of drug-likeness (QED) is 0.565. The van der Waals surface area contributed by atoms with E-state index in [2.05, 4.69) is 15.5 Å². The van der Waals surface area contributed by atoms with Crippen LogP contribution in [0.25, 0.3) is 11.3 Å². The molecule has 0 aliphatic rings. The number of methoxy groups -OCH3 is 1. The monoisotopic (exact) mass is 309 g/mol. The van der Waals surface area contributed by atoms with Gasteiger partial charge in [-0.15, -0.1) is 11.3 Å². The Bertz CT molecular complexity index is 768. The summed E-state index contributed by atoms with van der Waals surface area (Å²) in [7, 11) is 1.65. The van der Waals surface area contributed by atoms with Crippen LogP contribution in [0, 0.1) is 0 Å². The zero-order chi connectivity index (χ0) is 15.2. The van der Waals surface area contributed by atoms with Crippen molar-refractivity contribution >= 4 is 22.7 Å². The van der Waals surface area contributed by atoms with E-state index in [1.807, 2.05) is 60.0 Å². The summed E-state index contributed by atoms with van der Waals surface area (Å²) < 4.78 is 5.18. The van der Waals surface area contributed by atoms with Crippen molar-refractivity contribution in [2.24, 2.45) is 5.10 Å². The van der Waals surface area contributed by atoms with Gasteiger partial charge in [0.1, 0.15) is 5.75 Å². The summed E-state index contributed by atoms with van der Waals surface area (Å²) in [4.78, 5) is 4.51. The molecule has 110 valence electrons. The molecule has 1 heterocycles. The topological polar surface area (TPSA) is 46.5 Å². The number of nitrogens with one attached hydrogen (secondary N) is 1. The third-order valence-electron chi connectivity index (χ3n) is 3.04. The second kappa shape index (κ2) is 6.87. The van der Waals surface area contributed by atoms with Crippen LogP contribution in [-0.2, 0) is 0 Å². The molecule has 2 aromatic carbocycles. The van der Waals surface area contributed by atoms with E-state index in [-0.39, 0.29) is 0 Å². The van der Waals surface area contributed by atoms with Crippen molar-refractivity contribution in [3.05, 3.63) is 65.5 Å². The molecule has 0 bridgehead atoms. The molecule has 3 rings (SSSR count). The molecule has 22 heavy (non-hydrogen) atoms. The van der Waals surface area contributed by atoms with Gasteiger partial charge in [-0.05, 0) is 17.7 Å². The van der Waals surface area contributed by atoms with Gasteiger partial charge in [-0.2, -0.15) is 5.10 Å². The Labute approximate surface area is 133 Å². The first-order valence-electron chi connectivity index (χ1n) is 6.79. The summed E-state index contributed by atoms with van der Waals surface area (Å²) in [6, 6.07) is 17.8. The molecule has 0 fully saturated rings. The van der Waals surface area contributed by atoms with Crippen molar-refractivity contribution < 1.29 is 4.74 Å². The second-order valence-electron chi connectivity index (χ2n) is 4.55. The summed E-state index contributed by atoms with van der Waals surface area (Å²) in [5.41, 5.74) is 5.97. The Hall–Kier alpha value is -2.66. The molecule has 0 unspecified atom stereocenters. The normalized spacial score (nSPS) is 10.8. The van der Waals surface area contributed by atoms with Crippen LogP contribution >= 0.6 is 11.3 Å². The second-order valence-corrected chi connectivity index (χ2v) is 5.41. The number of hydrogen-bond acceptors (Lipinski definition) is 5. The van der Waals surface area contributed by atoms with Crippen LogP contribution in [0.4, 0.5) is 5.13 Å². The third kappa shape index (κ3) is 3.51. The van der Waals surface area contributed by atoms with Gasteiger partial charge in [-0.25, -0.2) is 4.98 Å². The molecule has 0 saturated heterocycles. The molecule has 5 heteroatoms. The molecule has 0 radical (unpaired) electrons. The highest BCUT2D eigenvalue weighted by Gasteiger charge is 2.02. The van der Waals surface area contributed by atoms with Crippen LogP contribution in [0.3, 0.4) is 0 Å². The Morgan fingerprint density at radius 1 is 1.14 bits per heavy atom. The number of aromatic nitrogens is 1. The van der Waals surface area contributed by atoms with Crippen LogP contribution in [0.5, 0.6) is 5.75 Å². The molecule has 0 saturated carbocycles. The molecule has 3 aromatic rings. The molecule has 0 atom stereocenters. The Kier molecular flexibility index (Phi) is 4.46. The Morgan fingerprint density at radius 3 is 2.82 bits per heavy atom. The zero-order valence-corrected chi connectivity index (χ0v) is 12.9. The minimum Gasteiger partial charge on any atom is -0.497 e. The minimum absolute atomic E-state index is 0.762. The first-order valence-corrected chi connectivity index (χ1v) is 7.67. The molecule has 0 aliphatic carbocycles. The zero-order valence-electron chi connectivity index (χ0n) is 12.1. The van der Waals surface area contributed by atoms with Gasteiger partial charge in [0.2, 0.25) is 5.13 Å². The molecule has 0 spiro atoms. The van der Waals surface area contributed by atoms with E-state index in [0.29, 0.717) is 0 Å². The largest absolute Gasteiger partial charge is 0.497 e. The fourth-order valence-electron chi connectivity index (χ4n) is 1.95. The van der Waals surface area contributed by atoms with Crippen LogP contribution in [0.1, 0.15) is 5.56 Å². The van der Waals surface area contributed by atoms with Gasteiger partial charge in [-0.3, -0.25) is 5.43 Å². The summed E-state index contributed by atoms with van der Waals surface area (Å²) in [5.74, 6) is 0.810. The molecule has 1 N–H and O–H groups in total. The lowest BCUT2D eigenvalue weighted by atomic mass is 10.2. The van der Waals surface area contributed by atoms with Crippen LogP contribution < -0.4 is 10.2 Å². The number of hydrogen-bond donors (Lipinski definition) is 1. The maximum atomic E-state index is 5.18. The highest BCUT2D eigenvalue weighted by Crippen LogP contribution is 2.24. The third-order valence-corrected chi connectivity index (χ3v) is 3.79. The van der Waals surface area contributed by atoms with Gasteiger partial charge in [0.15, 0.2) is 0 Å². The van der Waals surface area contributed by atoms with E-state index in [1.165, 1.54) is 11.3 Å². The smallest absolute Gasteiger partial charge is 0.203 e. The summed E-state index contributed by atoms with van der Waals surface area (Å²) >= 11 is 1.53. The van der Waals surface area contributed by atoms with E-state index in [1.54, 1.807) is 13.3 Å². The molecular formula is C17H15N3OS. The van der Waals surface area contributed by atoms with Gasteiger partial charge < -0.3 is 4.74 Å². The maximum Gasteiger partial charge on any atom is 0.203 e. The molecule has 1 aromatic heterocycles. The van der Waals surface area contributed by atoms with Crippen molar-refractivity contribution in [2.45, 2.75) is 0 Å². The van der Waals surface area contributed by atoms with Gasteiger partial charge >= 0.3 is 0 Å². The minimum atomic E-state index is 0.762. The standard InChI is InChI=1S/C17H15N3OS/c1-21-15-9-5-6-13(10-15)11-18-20-17-19-16(12-22-17)14-7-3-2-4-8-14/h2-12H,1H3,(H,19,20). The van der Waals surface area contributed by atoms with Crippen LogP contribution in [0.2, 0.25) is 0 Å². The first-order chi connectivity index (χ1) is 10.8. The predicted molar refractivity (Wildman–Crippen MR) is 91.8 cm³/mol. The SMILES string of the molecule is COc1cccc(C=NNc2nc(-c3ccccc3)cs2)c1. The summed E-state index contributed by atoms with van der Waals surface area (Å²) in [6.07, 6.45) is 1.74. The van der Waals surface area contributed by atoms with Gasteiger partial charge in [-0.1, -0.05) is 42.5 Å². The summed E-state index contributed by atoms with van der Waals surface area (Å²) in [6.45, 7) is 0. The van der Waals surface area contributed by atoms with Gasteiger partial charge in [0.25, 0.3) is 0 Å². The average molecular weight is 309 g/mol. The van der Waals surface area contributed by atoms with Crippen molar-refractivity contribution in [1.29, 1.82) is 0 Å². The number of rotatable bonds is 5.